The SMILES string of the molecule is O=C(CCn1ccc2ccccc21)N1CCC[C@@H]1CO. The van der Waals surface area contributed by atoms with E-state index in [-0.39, 0.29) is 18.6 Å². The van der Waals surface area contributed by atoms with Gasteiger partial charge in [-0.1, -0.05) is 18.2 Å². The number of carbonyl (C=O) groups excluding carboxylic acids is 1. The Bertz CT molecular complexity index is 605. The Labute approximate surface area is 118 Å². The zero-order valence-electron chi connectivity index (χ0n) is 11.5. The molecule has 1 fully saturated rings. The maximum absolute atomic E-state index is 12.2. The molecule has 0 unspecified atom stereocenters. The number of aromatic nitrogens is 1. The first-order valence-corrected chi connectivity index (χ1v) is 7.24. The highest BCUT2D eigenvalue weighted by Crippen LogP contribution is 2.19. The van der Waals surface area contributed by atoms with E-state index in [1.165, 1.54) is 10.9 Å². The molecular weight excluding hydrogens is 252 g/mol. The highest BCUT2D eigenvalue weighted by atomic mass is 16.3. The third-order valence-electron chi connectivity index (χ3n) is 4.16. The first-order valence-electron chi connectivity index (χ1n) is 7.24. The highest BCUT2D eigenvalue weighted by molar-refractivity contribution is 5.80. The molecule has 1 saturated heterocycles. The van der Waals surface area contributed by atoms with Gasteiger partial charge in [-0.3, -0.25) is 4.79 Å². The molecule has 1 aromatic heterocycles. The molecule has 3 rings (SSSR count). The maximum Gasteiger partial charge on any atom is 0.224 e. The summed E-state index contributed by atoms with van der Waals surface area (Å²) in [6, 6.07) is 10.3. The molecule has 1 N–H and O–H groups in total. The molecule has 106 valence electrons. The van der Waals surface area contributed by atoms with Crippen molar-refractivity contribution < 1.29 is 9.90 Å². The number of amides is 1. The number of para-hydroxylation sites is 1. The molecule has 2 heterocycles. The first-order chi connectivity index (χ1) is 9.79. The molecule has 1 amide bonds. The van der Waals surface area contributed by atoms with Crippen LogP contribution < -0.4 is 0 Å². The van der Waals surface area contributed by atoms with E-state index in [0.29, 0.717) is 13.0 Å². The molecule has 2 aromatic rings. The van der Waals surface area contributed by atoms with E-state index in [2.05, 4.69) is 22.8 Å². The van der Waals surface area contributed by atoms with Crippen molar-refractivity contribution in [3.05, 3.63) is 36.5 Å². The lowest BCUT2D eigenvalue weighted by Gasteiger charge is -2.23. The van der Waals surface area contributed by atoms with Crippen LogP contribution in [0.1, 0.15) is 19.3 Å². The molecule has 0 aliphatic carbocycles. The lowest BCUT2D eigenvalue weighted by molar-refractivity contribution is -0.132. The lowest BCUT2D eigenvalue weighted by atomic mass is 10.2. The van der Waals surface area contributed by atoms with Gasteiger partial charge >= 0.3 is 0 Å². The van der Waals surface area contributed by atoms with Gasteiger partial charge in [0, 0.05) is 31.2 Å². The molecule has 1 aliphatic rings. The van der Waals surface area contributed by atoms with E-state index in [9.17, 15) is 9.90 Å². The van der Waals surface area contributed by atoms with Gasteiger partial charge in [0.1, 0.15) is 0 Å². The number of aliphatic hydroxyl groups is 1. The molecule has 1 aliphatic heterocycles. The molecule has 4 heteroatoms. The number of hydrogen-bond donors (Lipinski definition) is 1. The van der Waals surface area contributed by atoms with E-state index in [4.69, 9.17) is 0 Å². The predicted molar refractivity (Wildman–Crippen MR) is 78.4 cm³/mol. The Morgan fingerprint density at radius 2 is 2.15 bits per heavy atom. The van der Waals surface area contributed by atoms with Crippen LogP contribution in [0.2, 0.25) is 0 Å². The summed E-state index contributed by atoms with van der Waals surface area (Å²) in [5.41, 5.74) is 1.17. The molecule has 0 bridgehead atoms. The van der Waals surface area contributed by atoms with Gasteiger partial charge in [0.05, 0.1) is 12.6 Å². The van der Waals surface area contributed by atoms with Crippen LogP contribution in [0, 0.1) is 0 Å². The molecule has 0 radical (unpaired) electrons. The van der Waals surface area contributed by atoms with Crippen molar-refractivity contribution in [2.75, 3.05) is 13.2 Å². The van der Waals surface area contributed by atoms with E-state index in [0.717, 1.165) is 19.4 Å². The van der Waals surface area contributed by atoms with E-state index < -0.39 is 0 Å². The van der Waals surface area contributed by atoms with E-state index in [1.54, 1.807) is 0 Å². The smallest absolute Gasteiger partial charge is 0.224 e. The predicted octanol–water partition coefficient (Wildman–Crippen LogP) is 2.01. The summed E-state index contributed by atoms with van der Waals surface area (Å²) in [5, 5.41) is 10.5. The zero-order valence-corrected chi connectivity index (χ0v) is 11.5. The topological polar surface area (TPSA) is 45.5 Å². The molecule has 4 nitrogen and oxygen atoms in total. The number of benzene rings is 1. The van der Waals surface area contributed by atoms with E-state index in [1.807, 2.05) is 23.2 Å². The van der Waals surface area contributed by atoms with E-state index >= 15 is 0 Å². The number of hydrogen-bond acceptors (Lipinski definition) is 2. The molecular formula is C16H20N2O2. The first kappa shape index (κ1) is 13.2. The molecule has 1 aromatic carbocycles. The fourth-order valence-corrected chi connectivity index (χ4v) is 3.05. The third kappa shape index (κ3) is 2.43. The molecule has 1 atom stereocenters. The summed E-state index contributed by atoms with van der Waals surface area (Å²) in [7, 11) is 0. The van der Waals surface area contributed by atoms with Crippen LogP contribution in [0.3, 0.4) is 0 Å². The average molecular weight is 272 g/mol. The van der Waals surface area contributed by atoms with Gasteiger partial charge in [-0.15, -0.1) is 0 Å². The second-order valence-corrected chi connectivity index (χ2v) is 5.38. The Morgan fingerprint density at radius 3 is 3.00 bits per heavy atom. The Kier molecular flexibility index (Phi) is 3.74. The number of rotatable bonds is 4. The number of nitrogens with zero attached hydrogens (tertiary/aromatic N) is 2. The molecule has 0 saturated carbocycles. The second kappa shape index (κ2) is 5.67. The van der Waals surface area contributed by atoms with Gasteiger partial charge in [0.15, 0.2) is 0 Å². The normalized spacial score (nSPS) is 18.9. The van der Waals surface area contributed by atoms with Crippen LogP contribution in [0.15, 0.2) is 36.5 Å². The van der Waals surface area contributed by atoms with Gasteiger partial charge < -0.3 is 14.6 Å². The van der Waals surface area contributed by atoms with Crippen LogP contribution in [-0.4, -0.2) is 39.7 Å². The Hall–Kier alpha value is -1.81. The fourth-order valence-electron chi connectivity index (χ4n) is 3.05. The monoisotopic (exact) mass is 272 g/mol. The number of likely N-dealkylation sites (tertiary alicyclic amines) is 1. The van der Waals surface area contributed by atoms with Crippen LogP contribution in [0.4, 0.5) is 0 Å². The Balaban J connectivity index is 1.66. The number of fused-ring (bicyclic) bond motifs is 1. The minimum atomic E-state index is 0.0314. The maximum atomic E-state index is 12.2. The second-order valence-electron chi connectivity index (χ2n) is 5.38. The zero-order chi connectivity index (χ0) is 13.9. The third-order valence-corrected chi connectivity index (χ3v) is 4.16. The summed E-state index contributed by atoms with van der Waals surface area (Å²) >= 11 is 0. The van der Waals surface area contributed by atoms with Crippen LogP contribution >= 0.6 is 0 Å². The average Bonchev–Trinajstić information content (AvgIpc) is 3.11. The molecule has 20 heavy (non-hydrogen) atoms. The van der Waals surface area contributed by atoms with Crippen molar-refractivity contribution in [2.45, 2.75) is 31.8 Å². The lowest BCUT2D eigenvalue weighted by Crippen LogP contribution is -2.37. The minimum absolute atomic E-state index is 0.0314. The van der Waals surface area contributed by atoms with Gasteiger partial charge in [0.25, 0.3) is 0 Å². The largest absolute Gasteiger partial charge is 0.394 e. The van der Waals surface area contributed by atoms with Crippen molar-refractivity contribution in [2.24, 2.45) is 0 Å². The standard InChI is InChI=1S/C16H20N2O2/c19-12-14-5-3-9-18(14)16(20)8-11-17-10-7-13-4-1-2-6-15(13)17/h1-2,4,6-7,10,14,19H,3,5,8-9,11-12H2/t14-/m1/s1. The minimum Gasteiger partial charge on any atom is -0.394 e. The van der Waals surface area contributed by atoms with Crippen molar-refractivity contribution >= 4 is 16.8 Å². The summed E-state index contributed by atoms with van der Waals surface area (Å²) in [5.74, 6) is 0.152. The Morgan fingerprint density at radius 1 is 1.30 bits per heavy atom. The number of carbonyl (C=O) groups is 1. The van der Waals surface area contributed by atoms with Crippen molar-refractivity contribution in [3.63, 3.8) is 0 Å². The van der Waals surface area contributed by atoms with Crippen LogP contribution in [0.25, 0.3) is 10.9 Å². The number of aliphatic hydroxyl groups excluding tert-OH is 1. The molecule has 0 spiro atoms. The quantitative estimate of drug-likeness (QED) is 0.925. The van der Waals surface area contributed by atoms with Gasteiger partial charge in [0.2, 0.25) is 5.91 Å². The summed E-state index contributed by atoms with van der Waals surface area (Å²) in [6.45, 7) is 1.57. The fraction of sp³-hybridized carbons (Fsp3) is 0.438. The summed E-state index contributed by atoms with van der Waals surface area (Å²) in [6.07, 6.45) is 4.46. The van der Waals surface area contributed by atoms with Crippen molar-refractivity contribution in [1.82, 2.24) is 9.47 Å². The van der Waals surface area contributed by atoms with Crippen LogP contribution in [-0.2, 0) is 11.3 Å². The highest BCUT2D eigenvalue weighted by Gasteiger charge is 2.27. The van der Waals surface area contributed by atoms with Gasteiger partial charge in [-0.25, -0.2) is 0 Å². The summed E-state index contributed by atoms with van der Waals surface area (Å²) in [4.78, 5) is 14.1. The van der Waals surface area contributed by atoms with Crippen molar-refractivity contribution in [3.8, 4) is 0 Å². The van der Waals surface area contributed by atoms with Crippen molar-refractivity contribution in [1.29, 1.82) is 0 Å². The number of aryl methyl sites for hydroxylation is 1. The summed E-state index contributed by atoms with van der Waals surface area (Å²) < 4.78 is 2.12. The van der Waals surface area contributed by atoms with Crippen LogP contribution in [0.5, 0.6) is 0 Å². The van der Waals surface area contributed by atoms with Gasteiger partial charge in [-0.2, -0.15) is 0 Å². The van der Waals surface area contributed by atoms with Gasteiger partial charge in [-0.05, 0) is 30.4 Å².